The van der Waals surface area contributed by atoms with Gasteiger partial charge in [-0.25, -0.2) is 13.8 Å². The number of rotatable bonds is 2. The molecule has 0 saturated carbocycles. The minimum atomic E-state index is -0.619. The molecule has 3 nitrogen and oxygen atoms in total. The molecule has 0 aliphatic carbocycles. The third-order valence-corrected chi connectivity index (χ3v) is 3.34. The van der Waals surface area contributed by atoms with Gasteiger partial charge in [0.1, 0.15) is 17.5 Å². The fourth-order valence-corrected chi connectivity index (χ4v) is 2.38. The van der Waals surface area contributed by atoms with E-state index in [4.69, 9.17) is 5.73 Å². The Labute approximate surface area is 114 Å². The van der Waals surface area contributed by atoms with Gasteiger partial charge in [0, 0.05) is 25.2 Å². The van der Waals surface area contributed by atoms with Crippen molar-refractivity contribution in [2.24, 2.45) is 12.8 Å². The number of hydrogen-bond acceptors (Lipinski definition) is 2. The van der Waals surface area contributed by atoms with Crippen molar-refractivity contribution in [3.05, 3.63) is 53.6 Å². The molecule has 0 unspecified atom stereocenters. The fraction of sp³-hybridized carbons (Fsp3) is 0.133. The van der Waals surface area contributed by atoms with Crippen molar-refractivity contribution in [3.63, 3.8) is 0 Å². The summed E-state index contributed by atoms with van der Waals surface area (Å²) in [4.78, 5) is 4.49. The molecule has 1 heterocycles. The van der Waals surface area contributed by atoms with Gasteiger partial charge in [-0.2, -0.15) is 0 Å². The van der Waals surface area contributed by atoms with E-state index in [-0.39, 0.29) is 0 Å². The number of fused-ring (bicyclic) bond motifs is 1. The number of aryl methyl sites for hydroxylation is 1. The van der Waals surface area contributed by atoms with Crippen LogP contribution in [0.2, 0.25) is 0 Å². The summed E-state index contributed by atoms with van der Waals surface area (Å²) < 4.78 is 28.5. The van der Waals surface area contributed by atoms with Crippen LogP contribution in [0.1, 0.15) is 5.56 Å². The van der Waals surface area contributed by atoms with Crippen LogP contribution < -0.4 is 5.73 Å². The number of halogens is 2. The summed E-state index contributed by atoms with van der Waals surface area (Å²) in [5, 5.41) is 0. The number of hydrogen-bond donors (Lipinski definition) is 1. The Hall–Kier alpha value is -2.27. The van der Waals surface area contributed by atoms with Crippen molar-refractivity contribution in [2.75, 3.05) is 0 Å². The van der Waals surface area contributed by atoms with E-state index in [9.17, 15) is 8.78 Å². The molecule has 3 aromatic rings. The van der Waals surface area contributed by atoms with Crippen molar-refractivity contribution in [1.82, 2.24) is 9.55 Å². The first kappa shape index (κ1) is 12.7. The van der Waals surface area contributed by atoms with Crippen LogP contribution >= 0.6 is 0 Å². The molecule has 0 aliphatic heterocycles. The van der Waals surface area contributed by atoms with Crippen LogP contribution in [0.5, 0.6) is 0 Å². The molecule has 0 amide bonds. The van der Waals surface area contributed by atoms with E-state index in [1.807, 2.05) is 29.8 Å². The molecule has 20 heavy (non-hydrogen) atoms. The van der Waals surface area contributed by atoms with Crippen molar-refractivity contribution < 1.29 is 8.78 Å². The van der Waals surface area contributed by atoms with Crippen LogP contribution in [0.3, 0.4) is 0 Å². The Morgan fingerprint density at radius 2 is 1.85 bits per heavy atom. The lowest BCUT2D eigenvalue weighted by molar-refractivity contribution is 0.584. The first-order valence-electron chi connectivity index (χ1n) is 6.21. The Bertz CT molecular complexity index is 773. The summed E-state index contributed by atoms with van der Waals surface area (Å²) in [6.07, 6.45) is 0. The van der Waals surface area contributed by atoms with E-state index < -0.39 is 11.6 Å². The van der Waals surface area contributed by atoms with Gasteiger partial charge in [0.2, 0.25) is 0 Å². The zero-order chi connectivity index (χ0) is 14.3. The third kappa shape index (κ3) is 1.96. The molecule has 0 aliphatic rings. The smallest absolute Gasteiger partial charge is 0.141 e. The second kappa shape index (κ2) is 4.68. The predicted molar refractivity (Wildman–Crippen MR) is 74.0 cm³/mol. The van der Waals surface area contributed by atoms with Crippen LogP contribution in [-0.2, 0) is 13.6 Å². The van der Waals surface area contributed by atoms with E-state index >= 15 is 0 Å². The predicted octanol–water partition coefficient (Wildman–Crippen LogP) is 2.98. The zero-order valence-electron chi connectivity index (χ0n) is 10.9. The molecule has 3 rings (SSSR count). The fourth-order valence-electron chi connectivity index (χ4n) is 2.38. The SMILES string of the molecule is Cn1c(-c2cc(F)cc(F)c2)nc2c(CN)cccc21. The molecule has 2 aromatic carbocycles. The van der Waals surface area contributed by atoms with Gasteiger partial charge < -0.3 is 10.3 Å². The highest BCUT2D eigenvalue weighted by atomic mass is 19.1. The monoisotopic (exact) mass is 273 g/mol. The quantitative estimate of drug-likeness (QED) is 0.780. The average molecular weight is 273 g/mol. The number of para-hydroxylation sites is 1. The van der Waals surface area contributed by atoms with Gasteiger partial charge >= 0.3 is 0 Å². The highest BCUT2D eigenvalue weighted by Gasteiger charge is 2.13. The van der Waals surface area contributed by atoms with E-state index in [0.717, 1.165) is 22.7 Å². The normalized spacial score (nSPS) is 11.2. The summed E-state index contributed by atoms with van der Waals surface area (Å²) >= 11 is 0. The Morgan fingerprint density at radius 1 is 1.15 bits per heavy atom. The van der Waals surface area contributed by atoms with Crippen molar-refractivity contribution >= 4 is 11.0 Å². The molecule has 5 heteroatoms. The lowest BCUT2D eigenvalue weighted by Crippen LogP contribution is -1.97. The highest BCUT2D eigenvalue weighted by molar-refractivity contribution is 5.83. The van der Waals surface area contributed by atoms with Crippen LogP contribution in [0.25, 0.3) is 22.4 Å². The topological polar surface area (TPSA) is 43.8 Å². The summed E-state index contributed by atoms with van der Waals surface area (Å²) in [6, 6.07) is 9.07. The Balaban J connectivity index is 2.29. The van der Waals surface area contributed by atoms with Crippen LogP contribution in [0.15, 0.2) is 36.4 Å². The zero-order valence-corrected chi connectivity index (χ0v) is 10.9. The largest absolute Gasteiger partial charge is 0.327 e. The average Bonchev–Trinajstić information content (AvgIpc) is 2.75. The minimum absolute atomic E-state index is 0.366. The van der Waals surface area contributed by atoms with Gasteiger partial charge in [-0.1, -0.05) is 12.1 Å². The van der Waals surface area contributed by atoms with Gasteiger partial charge in [0.25, 0.3) is 0 Å². The number of aromatic nitrogens is 2. The first-order chi connectivity index (χ1) is 9.60. The first-order valence-corrected chi connectivity index (χ1v) is 6.21. The molecule has 1 aromatic heterocycles. The van der Waals surface area contributed by atoms with Crippen molar-refractivity contribution in [2.45, 2.75) is 6.54 Å². The van der Waals surface area contributed by atoms with Crippen LogP contribution in [0, 0.1) is 11.6 Å². The van der Waals surface area contributed by atoms with Crippen molar-refractivity contribution in [3.8, 4) is 11.4 Å². The second-order valence-electron chi connectivity index (χ2n) is 4.64. The van der Waals surface area contributed by atoms with Crippen LogP contribution in [-0.4, -0.2) is 9.55 Å². The molecule has 0 atom stereocenters. The maximum Gasteiger partial charge on any atom is 0.141 e. The number of nitrogens with zero attached hydrogens (tertiary/aromatic N) is 2. The van der Waals surface area contributed by atoms with Gasteiger partial charge in [-0.3, -0.25) is 0 Å². The molecule has 0 saturated heterocycles. The van der Waals surface area contributed by atoms with E-state index in [1.165, 1.54) is 12.1 Å². The number of imidazole rings is 1. The lowest BCUT2D eigenvalue weighted by atomic mass is 10.2. The summed E-state index contributed by atoms with van der Waals surface area (Å²) in [7, 11) is 1.81. The standard InChI is InChI=1S/C15H13F2N3/c1-20-13-4-2-3-9(8-18)14(13)19-15(20)10-5-11(16)7-12(17)6-10/h2-7H,8,18H2,1H3. The number of benzene rings is 2. The van der Waals surface area contributed by atoms with Crippen molar-refractivity contribution in [1.29, 1.82) is 0 Å². The second-order valence-corrected chi connectivity index (χ2v) is 4.64. The number of nitrogens with two attached hydrogens (primary N) is 1. The van der Waals surface area contributed by atoms with Gasteiger partial charge in [0.05, 0.1) is 11.0 Å². The van der Waals surface area contributed by atoms with Gasteiger partial charge in [-0.05, 0) is 23.8 Å². The Morgan fingerprint density at radius 3 is 2.50 bits per heavy atom. The molecule has 0 fully saturated rings. The van der Waals surface area contributed by atoms with Gasteiger partial charge in [-0.15, -0.1) is 0 Å². The molecular formula is C15H13F2N3. The lowest BCUT2D eigenvalue weighted by Gasteiger charge is -2.03. The van der Waals surface area contributed by atoms with Gasteiger partial charge in [0.15, 0.2) is 0 Å². The molecule has 102 valence electrons. The summed E-state index contributed by atoms with van der Waals surface area (Å²) in [5.41, 5.74) is 8.65. The highest BCUT2D eigenvalue weighted by Crippen LogP contribution is 2.26. The summed E-state index contributed by atoms with van der Waals surface area (Å²) in [5.74, 6) is -0.725. The maximum atomic E-state index is 13.3. The third-order valence-electron chi connectivity index (χ3n) is 3.34. The molecular weight excluding hydrogens is 260 g/mol. The Kier molecular flexibility index (Phi) is 2.99. The maximum absolute atomic E-state index is 13.3. The molecule has 0 spiro atoms. The van der Waals surface area contributed by atoms with E-state index in [1.54, 1.807) is 0 Å². The molecule has 2 N–H and O–H groups in total. The molecule has 0 radical (unpaired) electrons. The van der Waals surface area contributed by atoms with E-state index in [2.05, 4.69) is 4.98 Å². The van der Waals surface area contributed by atoms with Crippen LogP contribution in [0.4, 0.5) is 8.78 Å². The summed E-state index contributed by atoms with van der Waals surface area (Å²) in [6.45, 7) is 0.366. The van der Waals surface area contributed by atoms with E-state index in [0.29, 0.717) is 17.9 Å². The minimum Gasteiger partial charge on any atom is -0.327 e. The molecule has 0 bridgehead atoms.